The number of phenolic OH excluding ortho intramolecular Hbond substituents is 1. The number of benzene rings is 2. The van der Waals surface area contributed by atoms with Crippen molar-refractivity contribution in [2.45, 2.75) is 110 Å². The Hall–Kier alpha value is -3.55. The molecule has 0 spiro atoms. The summed E-state index contributed by atoms with van der Waals surface area (Å²) in [6, 6.07) is 12.0. The number of ether oxygens (including phenoxy) is 1. The van der Waals surface area contributed by atoms with Gasteiger partial charge in [0, 0.05) is 18.5 Å². The number of nitrogens with zero attached hydrogens (tertiary/aromatic N) is 1. The first kappa shape index (κ1) is 31.0. The third-order valence-electron chi connectivity index (χ3n) is 7.14. The lowest BCUT2D eigenvalue weighted by Gasteiger charge is -2.38. The number of hydrogen-bond donors (Lipinski definition) is 3. The molecule has 2 atom stereocenters. The maximum atomic E-state index is 14.4. The molecule has 218 valence electrons. The largest absolute Gasteiger partial charge is 0.508 e. The highest BCUT2D eigenvalue weighted by atomic mass is 16.6. The first-order valence-corrected chi connectivity index (χ1v) is 14.3. The summed E-state index contributed by atoms with van der Waals surface area (Å²) < 4.78 is 5.49. The molecule has 2 unspecified atom stereocenters. The Bertz CT molecular complexity index is 1150. The van der Waals surface area contributed by atoms with Gasteiger partial charge in [0.2, 0.25) is 11.8 Å². The van der Waals surface area contributed by atoms with E-state index in [1.807, 2.05) is 45.0 Å². The van der Waals surface area contributed by atoms with Gasteiger partial charge in [0.15, 0.2) is 0 Å². The van der Waals surface area contributed by atoms with Crippen LogP contribution >= 0.6 is 0 Å². The normalized spacial score (nSPS) is 15.7. The number of rotatable bonds is 9. The van der Waals surface area contributed by atoms with E-state index in [0.717, 1.165) is 42.4 Å². The smallest absolute Gasteiger partial charge is 0.408 e. The number of phenols is 1. The summed E-state index contributed by atoms with van der Waals surface area (Å²) in [5, 5.41) is 15.7. The molecule has 0 heterocycles. The van der Waals surface area contributed by atoms with Crippen molar-refractivity contribution in [2.24, 2.45) is 0 Å². The second kappa shape index (κ2) is 13.7. The van der Waals surface area contributed by atoms with Gasteiger partial charge in [-0.3, -0.25) is 9.59 Å². The van der Waals surface area contributed by atoms with E-state index in [2.05, 4.69) is 10.6 Å². The molecule has 0 aromatic heterocycles. The Labute approximate surface area is 238 Å². The first-order chi connectivity index (χ1) is 18.9. The maximum absolute atomic E-state index is 14.4. The van der Waals surface area contributed by atoms with Crippen LogP contribution in [-0.2, 0) is 20.7 Å². The zero-order chi connectivity index (χ0) is 29.4. The van der Waals surface area contributed by atoms with Gasteiger partial charge in [-0.25, -0.2) is 4.79 Å². The Kier molecular flexibility index (Phi) is 10.6. The molecule has 8 heteroatoms. The van der Waals surface area contributed by atoms with E-state index in [9.17, 15) is 19.5 Å². The molecule has 0 bridgehead atoms. The Morgan fingerprint density at radius 1 is 1.00 bits per heavy atom. The summed E-state index contributed by atoms with van der Waals surface area (Å²) in [5.74, 6) is -0.501. The van der Waals surface area contributed by atoms with Crippen LogP contribution in [-0.4, -0.2) is 51.6 Å². The number of carbonyl (C=O) groups excluding carboxylic acids is 3. The molecule has 0 saturated heterocycles. The SMILES string of the molecule is Cc1ccccc1C(C(=O)NC1CCCCC1)N(C(=O)C(Cc1ccc(O)cc1)NC(=O)OC(C)(C)C)C(C)C. The highest BCUT2D eigenvalue weighted by molar-refractivity contribution is 5.92. The van der Waals surface area contributed by atoms with E-state index in [1.54, 1.807) is 37.8 Å². The molecule has 2 aromatic carbocycles. The molecule has 3 amide bonds. The van der Waals surface area contributed by atoms with Crippen LogP contribution in [0.1, 0.15) is 89.5 Å². The third kappa shape index (κ3) is 8.73. The number of nitrogens with one attached hydrogen (secondary N) is 2. The van der Waals surface area contributed by atoms with Crippen molar-refractivity contribution in [3.63, 3.8) is 0 Å². The van der Waals surface area contributed by atoms with Gasteiger partial charge in [0.25, 0.3) is 0 Å². The van der Waals surface area contributed by atoms with E-state index in [1.165, 1.54) is 18.6 Å². The molecule has 2 aromatic rings. The lowest BCUT2D eigenvalue weighted by atomic mass is 9.93. The summed E-state index contributed by atoms with van der Waals surface area (Å²) in [6.07, 6.45) is 4.60. The monoisotopic (exact) mass is 551 g/mol. The van der Waals surface area contributed by atoms with Gasteiger partial charge in [0.1, 0.15) is 23.4 Å². The molecular weight excluding hydrogens is 506 g/mol. The van der Waals surface area contributed by atoms with Crippen molar-refractivity contribution < 1.29 is 24.2 Å². The van der Waals surface area contributed by atoms with Gasteiger partial charge < -0.3 is 25.4 Å². The Balaban J connectivity index is 2.01. The molecule has 1 fully saturated rings. The molecule has 3 N–H and O–H groups in total. The molecule has 1 aliphatic rings. The van der Waals surface area contributed by atoms with Crippen molar-refractivity contribution in [1.82, 2.24) is 15.5 Å². The second-order valence-corrected chi connectivity index (χ2v) is 12.0. The highest BCUT2D eigenvalue weighted by Gasteiger charge is 2.39. The fourth-order valence-electron chi connectivity index (χ4n) is 5.22. The zero-order valence-electron chi connectivity index (χ0n) is 24.7. The maximum Gasteiger partial charge on any atom is 0.408 e. The average Bonchev–Trinajstić information content (AvgIpc) is 2.87. The van der Waals surface area contributed by atoms with Crippen LogP contribution in [0.4, 0.5) is 4.79 Å². The Morgan fingerprint density at radius 2 is 1.62 bits per heavy atom. The fraction of sp³-hybridized carbons (Fsp3) is 0.531. The molecule has 8 nitrogen and oxygen atoms in total. The van der Waals surface area contributed by atoms with Gasteiger partial charge in [0.05, 0.1) is 0 Å². The van der Waals surface area contributed by atoms with Crippen LogP contribution in [0.5, 0.6) is 5.75 Å². The van der Waals surface area contributed by atoms with E-state index >= 15 is 0 Å². The quantitative estimate of drug-likeness (QED) is 0.378. The van der Waals surface area contributed by atoms with Crippen LogP contribution < -0.4 is 10.6 Å². The lowest BCUT2D eigenvalue weighted by Crippen LogP contribution is -2.56. The molecule has 0 radical (unpaired) electrons. The molecule has 1 saturated carbocycles. The summed E-state index contributed by atoms with van der Waals surface area (Å²) in [5.41, 5.74) is 1.64. The molecule has 40 heavy (non-hydrogen) atoms. The van der Waals surface area contributed by atoms with Crippen LogP contribution in [0.25, 0.3) is 0 Å². The van der Waals surface area contributed by atoms with Crippen molar-refractivity contribution in [3.05, 3.63) is 65.2 Å². The third-order valence-corrected chi connectivity index (χ3v) is 7.14. The van der Waals surface area contributed by atoms with Gasteiger partial charge >= 0.3 is 6.09 Å². The van der Waals surface area contributed by atoms with Crippen molar-refractivity contribution in [2.75, 3.05) is 0 Å². The molecular formula is C32H45N3O5. The summed E-state index contributed by atoms with van der Waals surface area (Å²) >= 11 is 0. The topological polar surface area (TPSA) is 108 Å². The summed E-state index contributed by atoms with van der Waals surface area (Å²) in [7, 11) is 0. The second-order valence-electron chi connectivity index (χ2n) is 12.0. The van der Waals surface area contributed by atoms with Gasteiger partial charge in [-0.05, 0) is 83.2 Å². The standard InChI is InChI=1S/C32H45N3O5/c1-21(2)35(28(26-15-11-10-12-22(26)3)29(37)33-24-13-8-7-9-14-24)30(38)27(34-31(39)40-32(4,5)6)20-23-16-18-25(36)19-17-23/h10-12,15-19,21,24,27-28,36H,7-9,13-14,20H2,1-6H3,(H,33,37)(H,34,39). The van der Waals surface area contributed by atoms with Crippen LogP contribution in [0.3, 0.4) is 0 Å². The van der Waals surface area contributed by atoms with Crippen molar-refractivity contribution in [1.29, 1.82) is 0 Å². The lowest BCUT2D eigenvalue weighted by molar-refractivity contribution is -0.145. The number of hydrogen-bond acceptors (Lipinski definition) is 5. The van der Waals surface area contributed by atoms with Crippen LogP contribution in [0.15, 0.2) is 48.5 Å². The number of alkyl carbamates (subject to hydrolysis) is 1. The Morgan fingerprint density at radius 3 is 2.20 bits per heavy atom. The first-order valence-electron chi connectivity index (χ1n) is 14.3. The average molecular weight is 552 g/mol. The number of amides is 3. The predicted molar refractivity (Wildman–Crippen MR) is 156 cm³/mol. The van der Waals surface area contributed by atoms with E-state index in [-0.39, 0.29) is 36.1 Å². The minimum atomic E-state index is -1.00. The highest BCUT2D eigenvalue weighted by Crippen LogP contribution is 2.29. The van der Waals surface area contributed by atoms with Crippen LogP contribution in [0.2, 0.25) is 0 Å². The fourth-order valence-corrected chi connectivity index (χ4v) is 5.22. The number of carbonyl (C=O) groups is 3. The van der Waals surface area contributed by atoms with Gasteiger partial charge in [-0.15, -0.1) is 0 Å². The van der Waals surface area contributed by atoms with E-state index in [0.29, 0.717) is 0 Å². The van der Waals surface area contributed by atoms with Gasteiger partial charge in [-0.1, -0.05) is 55.7 Å². The van der Waals surface area contributed by atoms with E-state index < -0.39 is 23.8 Å². The predicted octanol–water partition coefficient (Wildman–Crippen LogP) is 5.56. The van der Waals surface area contributed by atoms with Crippen molar-refractivity contribution >= 4 is 17.9 Å². The van der Waals surface area contributed by atoms with Gasteiger partial charge in [-0.2, -0.15) is 0 Å². The van der Waals surface area contributed by atoms with Crippen molar-refractivity contribution in [3.8, 4) is 5.75 Å². The molecule has 0 aliphatic heterocycles. The molecule has 1 aliphatic carbocycles. The number of aryl methyl sites for hydroxylation is 1. The van der Waals surface area contributed by atoms with E-state index in [4.69, 9.17) is 4.74 Å². The zero-order valence-corrected chi connectivity index (χ0v) is 24.7. The molecule has 3 rings (SSSR count). The summed E-state index contributed by atoms with van der Waals surface area (Å²) in [6.45, 7) is 11.0. The summed E-state index contributed by atoms with van der Waals surface area (Å²) in [4.78, 5) is 42.9. The number of aromatic hydroxyl groups is 1. The minimum Gasteiger partial charge on any atom is -0.508 e. The minimum absolute atomic E-state index is 0.0737. The van der Waals surface area contributed by atoms with Crippen LogP contribution in [0, 0.1) is 6.92 Å².